The molecule has 1 aromatic heterocycles. The molecule has 0 aromatic carbocycles. The van der Waals surface area contributed by atoms with Crippen molar-refractivity contribution in [1.82, 2.24) is 9.88 Å². The van der Waals surface area contributed by atoms with Crippen molar-refractivity contribution in [2.45, 2.75) is 32.5 Å². The van der Waals surface area contributed by atoms with Crippen LogP contribution in [0.5, 0.6) is 0 Å². The molecule has 1 aliphatic heterocycles. The minimum Gasteiger partial charge on any atom is -0.374 e. The molecule has 1 aromatic rings. The van der Waals surface area contributed by atoms with Crippen LogP contribution < -0.4 is 5.73 Å². The molecule has 1 fully saturated rings. The van der Waals surface area contributed by atoms with Gasteiger partial charge in [0.1, 0.15) is 0 Å². The van der Waals surface area contributed by atoms with Crippen LogP contribution in [0, 0.1) is 6.92 Å². The van der Waals surface area contributed by atoms with Crippen molar-refractivity contribution in [1.29, 1.82) is 0 Å². The van der Waals surface area contributed by atoms with E-state index in [9.17, 15) is 0 Å². The van der Waals surface area contributed by atoms with E-state index in [0.29, 0.717) is 0 Å². The summed E-state index contributed by atoms with van der Waals surface area (Å²) < 4.78 is 5.64. The van der Waals surface area contributed by atoms with E-state index in [1.165, 1.54) is 5.56 Å². The van der Waals surface area contributed by atoms with Crippen LogP contribution in [0.15, 0.2) is 18.3 Å². The summed E-state index contributed by atoms with van der Waals surface area (Å²) in [5.74, 6) is 0. The molecule has 2 atom stereocenters. The highest BCUT2D eigenvalue weighted by atomic mass is 16.5. The molecule has 1 aliphatic rings. The van der Waals surface area contributed by atoms with Gasteiger partial charge in [0.25, 0.3) is 0 Å². The van der Waals surface area contributed by atoms with E-state index in [-0.39, 0.29) is 12.1 Å². The third-order valence-corrected chi connectivity index (χ3v) is 3.12. The van der Waals surface area contributed by atoms with Gasteiger partial charge in [-0.15, -0.1) is 0 Å². The first-order valence-electron chi connectivity index (χ1n) is 6.16. The van der Waals surface area contributed by atoms with Gasteiger partial charge in [0.15, 0.2) is 0 Å². The molecule has 0 spiro atoms. The van der Waals surface area contributed by atoms with Crippen LogP contribution in [0.2, 0.25) is 0 Å². The minimum absolute atomic E-state index is 0.0868. The highest BCUT2D eigenvalue weighted by molar-refractivity contribution is 5.12. The van der Waals surface area contributed by atoms with Crippen LogP contribution in [0.25, 0.3) is 0 Å². The third kappa shape index (κ3) is 3.49. The third-order valence-electron chi connectivity index (χ3n) is 3.12. The fourth-order valence-corrected chi connectivity index (χ4v) is 2.01. The predicted molar refractivity (Wildman–Crippen MR) is 67.6 cm³/mol. The smallest absolute Gasteiger partial charge is 0.0850 e. The first-order valence-corrected chi connectivity index (χ1v) is 6.16. The second-order valence-electron chi connectivity index (χ2n) is 4.83. The Kier molecular flexibility index (Phi) is 4.10. The van der Waals surface area contributed by atoms with E-state index < -0.39 is 0 Å². The van der Waals surface area contributed by atoms with Crippen LogP contribution in [-0.4, -0.2) is 41.7 Å². The van der Waals surface area contributed by atoms with Crippen LogP contribution in [0.3, 0.4) is 0 Å². The first-order chi connectivity index (χ1) is 8.15. The molecule has 0 bridgehead atoms. The number of rotatable bonds is 3. The van der Waals surface area contributed by atoms with Gasteiger partial charge in [-0.1, -0.05) is 6.07 Å². The molecule has 0 radical (unpaired) electrons. The number of hydrogen-bond donors (Lipinski definition) is 1. The SMILES string of the molecule is Cc1ccc(CN2CCOC(C(C)N)C2)nc1. The molecule has 2 unspecified atom stereocenters. The molecular weight excluding hydrogens is 214 g/mol. The Morgan fingerprint density at radius 1 is 1.59 bits per heavy atom. The standard InChI is InChI=1S/C13H21N3O/c1-10-3-4-12(15-7-10)8-16-5-6-17-13(9-16)11(2)14/h3-4,7,11,13H,5-6,8-9,14H2,1-2H3. The molecule has 1 saturated heterocycles. The van der Waals surface area contributed by atoms with Crippen molar-refractivity contribution < 1.29 is 4.74 Å². The molecule has 4 heteroatoms. The minimum atomic E-state index is 0.0868. The lowest BCUT2D eigenvalue weighted by atomic mass is 10.1. The number of ether oxygens (including phenoxy) is 1. The number of pyridine rings is 1. The molecule has 2 N–H and O–H groups in total. The fourth-order valence-electron chi connectivity index (χ4n) is 2.01. The molecule has 0 saturated carbocycles. The Labute approximate surface area is 103 Å². The number of aryl methyl sites for hydroxylation is 1. The summed E-state index contributed by atoms with van der Waals surface area (Å²) in [5, 5.41) is 0. The van der Waals surface area contributed by atoms with Crippen LogP contribution >= 0.6 is 0 Å². The largest absolute Gasteiger partial charge is 0.374 e. The predicted octanol–water partition coefficient (Wildman–Crippen LogP) is 0.938. The Morgan fingerprint density at radius 2 is 2.41 bits per heavy atom. The number of nitrogens with zero attached hydrogens (tertiary/aromatic N) is 2. The maximum absolute atomic E-state index is 5.88. The van der Waals surface area contributed by atoms with Gasteiger partial charge in [-0.25, -0.2) is 0 Å². The molecule has 0 amide bonds. The van der Waals surface area contributed by atoms with E-state index in [1.807, 2.05) is 13.1 Å². The Morgan fingerprint density at radius 3 is 3.06 bits per heavy atom. The second kappa shape index (κ2) is 5.58. The van der Waals surface area contributed by atoms with Gasteiger partial charge >= 0.3 is 0 Å². The Hall–Kier alpha value is -0.970. The highest BCUT2D eigenvalue weighted by Gasteiger charge is 2.23. The van der Waals surface area contributed by atoms with E-state index in [2.05, 4.69) is 28.9 Å². The maximum Gasteiger partial charge on any atom is 0.0850 e. The van der Waals surface area contributed by atoms with Gasteiger partial charge in [0.05, 0.1) is 18.4 Å². The summed E-state index contributed by atoms with van der Waals surface area (Å²) in [6.07, 6.45) is 2.06. The molecule has 2 heterocycles. The van der Waals surface area contributed by atoms with Gasteiger partial charge < -0.3 is 10.5 Å². The topological polar surface area (TPSA) is 51.4 Å². The fraction of sp³-hybridized carbons (Fsp3) is 0.615. The van der Waals surface area contributed by atoms with Crippen LogP contribution in [-0.2, 0) is 11.3 Å². The zero-order valence-electron chi connectivity index (χ0n) is 10.6. The summed E-state index contributed by atoms with van der Waals surface area (Å²) >= 11 is 0. The second-order valence-corrected chi connectivity index (χ2v) is 4.83. The molecule has 94 valence electrons. The van der Waals surface area contributed by atoms with E-state index >= 15 is 0 Å². The van der Waals surface area contributed by atoms with E-state index in [1.54, 1.807) is 0 Å². The average Bonchev–Trinajstić information content (AvgIpc) is 2.32. The highest BCUT2D eigenvalue weighted by Crippen LogP contribution is 2.11. The normalized spacial score (nSPS) is 23.6. The molecule has 17 heavy (non-hydrogen) atoms. The number of nitrogens with two attached hydrogens (primary N) is 1. The summed E-state index contributed by atoms with van der Waals surface area (Å²) in [7, 11) is 0. The number of morpholine rings is 1. The summed E-state index contributed by atoms with van der Waals surface area (Å²) in [6.45, 7) is 7.55. The lowest BCUT2D eigenvalue weighted by Crippen LogP contribution is -2.49. The van der Waals surface area contributed by atoms with Crippen molar-refractivity contribution >= 4 is 0 Å². The van der Waals surface area contributed by atoms with Crippen LogP contribution in [0.4, 0.5) is 0 Å². The Balaban J connectivity index is 1.92. The lowest BCUT2D eigenvalue weighted by Gasteiger charge is -2.34. The van der Waals surface area contributed by atoms with Crippen molar-refractivity contribution in [3.63, 3.8) is 0 Å². The van der Waals surface area contributed by atoms with Gasteiger partial charge in [-0.05, 0) is 25.5 Å². The van der Waals surface area contributed by atoms with E-state index in [4.69, 9.17) is 10.5 Å². The van der Waals surface area contributed by atoms with Crippen molar-refractivity contribution in [2.24, 2.45) is 5.73 Å². The van der Waals surface area contributed by atoms with Crippen molar-refractivity contribution in [3.05, 3.63) is 29.6 Å². The van der Waals surface area contributed by atoms with Gasteiger partial charge in [-0.2, -0.15) is 0 Å². The zero-order valence-corrected chi connectivity index (χ0v) is 10.6. The average molecular weight is 235 g/mol. The van der Waals surface area contributed by atoms with Crippen molar-refractivity contribution in [2.75, 3.05) is 19.7 Å². The van der Waals surface area contributed by atoms with Gasteiger partial charge in [0.2, 0.25) is 0 Å². The molecule has 2 rings (SSSR count). The Bertz CT molecular complexity index is 350. The zero-order chi connectivity index (χ0) is 12.3. The monoisotopic (exact) mass is 235 g/mol. The van der Waals surface area contributed by atoms with Gasteiger partial charge in [0, 0.05) is 31.9 Å². The lowest BCUT2D eigenvalue weighted by molar-refractivity contribution is -0.0406. The molecular formula is C13H21N3O. The first kappa shape index (κ1) is 12.5. The van der Waals surface area contributed by atoms with Gasteiger partial charge in [-0.3, -0.25) is 9.88 Å². The van der Waals surface area contributed by atoms with E-state index in [0.717, 1.165) is 31.9 Å². The quantitative estimate of drug-likeness (QED) is 0.847. The van der Waals surface area contributed by atoms with Crippen LogP contribution in [0.1, 0.15) is 18.2 Å². The molecule has 0 aliphatic carbocycles. The number of hydrogen-bond acceptors (Lipinski definition) is 4. The maximum atomic E-state index is 5.88. The number of aromatic nitrogens is 1. The molecule has 4 nitrogen and oxygen atoms in total. The summed E-state index contributed by atoms with van der Waals surface area (Å²) in [4.78, 5) is 6.78. The summed E-state index contributed by atoms with van der Waals surface area (Å²) in [6, 6.07) is 4.28. The van der Waals surface area contributed by atoms with Crippen molar-refractivity contribution in [3.8, 4) is 0 Å². The summed E-state index contributed by atoms with van der Waals surface area (Å²) in [5.41, 5.74) is 8.19.